The van der Waals surface area contributed by atoms with Crippen molar-refractivity contribution in [1.29, 1.82) is 0 Å². The quantitative estimate of drug-likeness (QED) is 0.171. The Morgan fingerprint density at radius 1 is 0.432 bits per heavy atom. The monoisotopic (exact) mass is 951 g/mol. The van der Waals surface area contributed by atoms with Gasteiger partial charge < -0.3 is 4.42 Å². The molecule has 0 N–H and O–H groups in total. The minimum Gasteiger partial charge on any atom is -0.452 e. The van der Waals surface area contributed by atoms with E-state index in [9.17, 15) is 0 Å². The predicted octanol–water partition coefficient (Wildman–Crippen LogP) is 16.0. The highest BCUT2D eigenvalue weighted by atomic mass is 16.3. The Balaban J connectivity index is 0.990. The van der Waals surface area contributed by atoms with Crippen molar-refractivity contribution in [2.45, 2.75) is 56.3 Å². The minimum absolute atomic E-state index is 0.0303. The summed E-state index contributed by atoms with van der Waals surface area (Å²) in [4.78, 5) is 27.0. The van der Waals surface area contributed by atoms with Gasteiger partial charge in [-0.2, -0.15) is 0 Å². The average molecular weight is 952 g/mol. The number of rotatable bonds is 5. The molecular weight excluding hydrogens is 903 g/mol. The molecule has 6 heteroatoms. The number of allylic oxidation sites excluding steroid dienone is 4. The number of nitrogens with zero attached hydrogens (tertiary/aromatic N) is 5. The van der Waals surface area contributed by atoms with Crippen LogP contribution in [-0.4, -0.2) is 24.9 Å². The molecule has 1 spiro atoms. The van der Waals surface area contributed by atoms with Gasteiger partial charge in [0.25, 0.3) is 0 Å². The van der Waals surface area contributed by atoms with E-state index in [4.69, 9.17) is 29.3 Å². The summed E-state index contributed by atoms with van der Waals surface area (Å²) >= 11 is 0. The molecule has 15 rings (SSSR count). The van der Waals surface area contributed by atoms with Gasteiger partial charge in [0.15, 0.2) is 28.9 Å². The van der Waals surface area contributed by atoms with E-state index in [0.29, 0.717) is 23.3 Å². The van der Waals surface area contributed by atoms with Crippen molar-refractivity contribution in [3.05, 3.63) is 262 Å². The van der Waals surface area contributed by atoms with Crippen molar-refractivity contribution >= 4 is 27.6 Å². The summed E-state index contributed by atoms with van der Waals surface area (Å²) < 4.78 is 6.79. The van der Waals surface area contributed by atoms with Crippen LogP contribution in [0.1, 0.15) is 90.2 Å². The third-order valence-electron chi connectivity index (χ3n) is 16.9. The molecule has 0 aliphatic heterocycles. The van der Waals surface area contributed by atoms with Crippen LogP contribution in [0.15, 0.2) is 216 Å². The van der Waals surface area contributed by atoms with E-state index < -0.39 is 5.41 Å². The first-order valence-corrected chi connectivity index (χ1v) is 25.8. The largest absolute Gasteiger partial charge is 0.452 e. The van der Waals surface area contributed by atoms with Crippen LogP contribution in [0.5, 0.6) is 0 Å². The maximum absolute atomic E-state index is 6.79. The zero-order valence-electron chi connectivity index (χ0n) is 41.6. The molecule has 0 fully saturated rings. The van der Waals surface area contributed by atoms with E-state index >= 15 is 0 Å². The zero-order valence-corrected chi connectivity index (χ0v) is 41.6. The van der Waals surface area contributed by atoms with Crippen LogP contribution >= 0.6 is 0 Å². The van der Waals surface area contributed by atoms with E-state index in [1.165, 1.54) is 55.7 Å². The van der Waals surface area contributed by atoms with Gasteiger partial charge in [-0.1, -0.05) is 221 Å². The maximum atomic E-state index is 6.79. The highest BCUT2D eigenvalue weighted by molar-refractivity contribution is 6.04. The Bertz CT molecular complexity index is 4130. The van der Waals surface area contributed by atoms with E-state index in [-0.39, 0.29) is 16.7 Å². The van der Waals surface area contributed by atoms with Crippen LogP contribution in [0.4, 0.5) is 0 Å². The normalized spacial score (nSPS) is 16.9. The summed E-state index contributed by atoms with van der Waals surface area (Å²) in [6, 6.07) is 69.4. The lowest BCUT2D eigenvalue weighted by Gasteiger charge is -2.46. The van der Waals surface area contributed by atoms with Crippen molar-refractivity contribution in [1.82, 2.24) is 24.9 Å². The Morgan fingerprint density at radius 3 is 1.70 bits per heavy atom. The molecular formula is C68H49N5O. The van der Waals surface area contributed by atoms with Gasteiger partial charge in [0, 0.05) is 44.4 Å². The summed E-state index contributed by atoms with van der Waals surface area (Å²) in [6.45, 7) is 9.46. The maximum Gasteiger partial charge on any atom is 0.176 e. The summed E-state index contributed by atoms with van der Waals surface area (Å²) in [5.41, 5.74) is 21.2. The topological polar surface area (TPSA) is 77.6 Å². The van der Waals surface area contributed by atoms with Gasteiger partial charge in [0.1, 0.15) is 11.1 Å². The van der Waals surface area contributed by atoms with Crippen LogP contribution in [0.3, 0.4) is 0 Å². The number of furan rings is 1. The lowest BCUT2D eigenvalue weighted by molar-refractivity contribution is 0.563. The van der Waals surface area contributed by atoms with Crippen LogP contribution < -0.4 is 0 Å². The zero-order chi connectivity index (χ0) is 49.5. The molecule has 3 aromatic heterocycles. The number of aromatic nitrogens is 5. The minimum atomic E-state index is -0.666. The molecule has 0 saturated heterocycles. The third kappa shape index (κ3) is 5.91. The molecule has 0 bridgehead atoms. The van der Waals surface area contributed by atoms with E-state index in [1.807, 2.05) is 48.5 Å². The molecule has 11 aromatic rings. The van der Waals surface area contributed by atoms with Crippen LogP contribution in [-0.2, 0) is 16.2 Å². The summed E-state index contributed by atoms with van der Waals surface area (Å²) in [7, 11) is 0. The van der Waals surface area contributed by atoms with Crippen molar-refractivity contribution in [2.75, 3.05) is 0 Å². The molecule has 8 aromatic carbocycles. The standard InChI is InChI=1S/C68H49N5O/c1-66(2)49-27-13-11-24-44(49)45-36-34-42(39-56(45)66)59-61-60(46-25-12-18-33-57(46)74-61)70-64(69-59)43-35-37-50-48(38-43)58-47(65-72-62(40-20-7-5-8-21-40)71-63(73-65)41-22-9-6-10-23-41)26-19-32-55(58)68(50)53-30-16-14-28-51(53)67(3,4)52-29-15-17-31-54(52)68/h5-38,42H,39H2,1-4H3. The third-order valence-corrected chi connectivity index (χ3v) is 16.9. The second kappa shape index (κ2) is 15.6. The van der Waals surface area contributed by atoms with Gasteiger partial charge in [0.2, 0.25) is 0 Å². The number of para-hydroxylation sites is 1. The molecule has 352 valence electrons. The van der Waals surface area contributed by atoms with Crippen molar-refractivity contribution in [2.24, 2.45) is 0 Å². The van der Waals surface area contributed by atoms with Crippen LogP contribution in [0, 0.1) is 0 Å². The van der Waals surface area contributed by atoms with Gasteiger partial charge in [0.05, 0.1) is 11.1 Å². The summed E-state index contributed by atoms with van der Waals surface area (Å²) in [5, 5.41) is 0.977. The number of hydrogen-bond acceptors (Lipinski definition) is 6. The Morgan fingerprint density at radius 2 is 1.00 bits per heavy atom. The summed E-state index contributed by atoms with van der Waals surface area (Å²) in [5.74, 6) is 2.48. The van der Waals surface area contributed by atoms with Gasteiger partial charge in [-0.05, 0) is 85.8 Å². The Kier molecular flexibility index (Phi) is 9.00. The first-order valence-electron chi connectivity index (χ1n) is 25.8. The average Bonchev–Trinajstić information content (AvgIpc) is 4.06. The SMILES string of the molecule is CC1(C)C2=C(C=CC(c3nc(-c4ccc5c(c4)-c4c(-c6nc(-c7ccccc7)nc(-c7ccccc7)n6)cccc4C54c5ccccc5C(C)(C)c5ccccc54)nc4c3oc3ccccc34)C2)c2ccccc21. The van der Waals surface area contributed by atoms with E-state index in [0.717, 1.165) is 67.6 Å². The van der Waals surface area contributed by atoms with Crippen molar-refractivity contribution < 1.29 is 4.42 Å². The fourth-order valence-corrected chi connectivity index (χ4v) is 13.4. The van der Waals surface area contributed by atoms with Crippen LogP contribution in [0.25, 0.3) is 84.3 Å². The molecule has 1 unspecified atom stereocenters. The predicted molar refractivity (Wildman–Crippen MR) is 297 cm³/mol. The molecule has 0 saturated carbocycles. The molecule has 4 aliphatic rings. The Labute approximate surface area is 429 Å². The molecule has 3 heterocycles. The Hall–Kier alpha value is -8.87. The van der Waals surface area contributed by atoms with Gasteiger partial charge in [-0.3, -0.25) is 0 Å². The lowest BCUT2D eigenvalue weighted by atomic mass is 9.55. The second-order valence-corrected chi connectivity index (χ2v) is 21.4. The fraction of sp³-hybridized carbons (Fsp3) is 0.132. The van der Waals surface area contributed by atoms with E-state index in [1.54, 1.807) is 0 Å². The highest BCUT2D eigenvalue weighted by Gasteiger charge is 2.54. The van der Waals surface area contributed by atoms with Crippen LogP contribution in [0.2, 0.25) is 0 Å². The molecule has 74 heavy (non-hydrogen) atoms. The first-order chi connectivity index (χ1) is 36.2. The number of benzene rings is 8. The number of hydrogen-bond donors (Lipinski definition) is 0. The first kappa shape index (κ1) is 42.8. The molecule has 0 amide bonds. The number of fused-ring (bicyclic) bond motifs is 14. The van der Waals surface area contributed by atoms with Crippen molar-refractivity contribution in [3.63, 3.8) is 0 Å². The molecule has 6 nitrogen and oxygen atoms in total. The van der Waals surface area contributed by atoms with Crippen molar-refractivity contribution in [3.8, 4) is 56.7 Å². The molecule has 1 atom stereocenters. The fourth-order valence-electron chi connectivity index (χ4n) is 13.4. The highest BCUT2D eigenvalue weighted by Crippen LogP contribution is 2.64. The smallest absolute Gasteiger partial charge is 0.176 e. The second-order valence-electron chi connectivity index (χ2n) is 21.4. The van der Waals surface area contributed by atoms with E-state index in [2.05, 4.69) is 185 Å². The van der Waals surface area contributed by atoms with Gasteiger partial charge in [-0.15, -0.1) is 0 Å². The van der Waals surface area contributed by atoms with Gasteiger partial charge >= 0.3 is 0 Å². The molecule has 4 aliphatic carbocycles. The summed E-state index contributed by atoms with van der Waals surface area (Å²) in [6.07, 6.45) is 5.50. The van der Waals surface area contributed by atoms with Gasteiger partial charge in [-0.25, -0.2) is 24.9 Å². The lowest BCUT2D eigenvalue weighted by Crippen LogP contribution is -2.40. The molecule has 0 radical (unpaired) electrons.